The van der Waals surface area contributed by atoms with Gasteiger partial charge in [-0.25, -0.2) is 0 Å². The molecule has 5 heteroatoms. The summed E-state index contributed by atoms with van der Waals surface area (Å²) in [5.41, 5.74) is 2.87. The molecule has 130 valence electrons. The van der Waals surface area contributed by atoms with Gasteiger partial charge >= 0.3 is 0 Å². The zero-order valence-corrected chi connectivity index (χ0v) is 14.6. The third-order valence-corrected chi connectivity index (χ3v) is 5.03. The van der Waals surface area contributed by atoms with Crippen molar-refractivity contribution in [2.45, 2.75) is 44.6 Å². The molecule has 0 bridgehead atoms. The third-order valence-electron chi connectivity index (χ3n) is 5.03. The lowest BCUT2D eigenvalue weighted by atomic mass is 9.88. The predicted molar refractivity (Wildman–Crippen MR) is 97.2 cm³/mol. The van der Waals surface area contributed by atoms with Crippen LogP contribution in [0.4, 0.5) is 0 Å². The highest BCUT2D eigenvalue weighted by Crippen LogP contribution is 2.20. The smallest absolute Gasteiger partial charge is 0.241 e. The van der Waals surface area contributed by atoms with E-state index < -0.39 is 0 Å². The highest BCUT2D eigenvalue weighted by Gasteiger charge is 2.20. The molecule has 1 atom stereocenters. The molecular formula is C19H28N4O. The van der Waals surface area contributed by atoms with Crippen LogP contribution in [0.3, 0.4) is 0 Å². The summed E-state index contributed by atoms with van der Waals surface area (Å²) in [5.74, 6) is 0.899. The van der Waals surface area contributed by atoms with E-state index in [0.29, 0.717) is 12.6 Å². The lowest BCUT2D eigenvalue weighted by molar-refractivity contribution is -0.130. The average Bonchev–Trinajstić information content (AvgIpc) is 2.65. The van der Waals surface area contributed by atoms with Crippen molar-refractivity contribution in [1.29, 1.82) is 0 Å². The number of fused-ring (bicyclic) bond motifs is 1. The number of aliphatic imine (C=N–C) groups is 1. The van der Waals surface area contributed by atoms with Crippen molar-refractivity contribution in [2.75, 3.05) is 26.7 Å². The van der Waals surface area contributed by atoms with Gasteiger partial charge in [0.15, 0.2) is 5.96 Å². The van der Waals surface area contributed by atoms with Crippen molar-refractivity contribution in [1.82, 2.24) is 15.5 Å². The topological polar surface area (TPSA) is 56.7 Å². The summed E-state index contributed by atoms with van der Waals surface area (Å²) in [6.07, 6.45) is 6.69. The van der Waals surface area contributed by atoms with Crippen LogP contribution in [0.1, 0.15) is 36.8 Å². The fourth-order valence-corrected chi connectivity index (χ4v) is 3.62. The number of amides is 1. The Hall–Kier alpha value is -2.04. The quantitative estimate of drug-likeness (QED) is 0.656. The first-order chi connectivity index (χ1) is 11.8. The van der Waals surface area contributed by atoms with Gasteiger partial charge in [-0.1, -0.05) is 24.3 Å². The van der Waals surface area contributed by atoms with Gasteiger partial charge in [0.05, 0.1) is 6.54 Å². The lowest BCUT2D eigenvalue weighted by Gasteiger charge is -2.29. The second kappa shape index (κ2) is 8.18. The molecule has 5 nitrogen and oxygen atoms in total. The third kappa shape index (κ3) is 4.28. The summed E-state index contributed by atoms with van der Waals surface area (Å²) in [4.78, 5) is 18.5. The van der Waals surface area contributed by atoms with Gasteiger partial charge in [0.25, 0.3) is 0 Å². The van der Waals surface area contributed by atoms with E-state index in [1.807, 2.05) is 4.90 Å². The molecule has 1 aliphatic heterocycles. The molecule has 0 saturated carbocycles. The molecular weight excluding hydrogens is 300 g/mol. The lowest BCUT2D eigenvalue weighted by Crippen LogP contribution is -2.49. The average molecular weight is 328 g/mol. The second-order valence-corrected chi connectivity index (χ2v) is 6.72. The van der Waals surface area contributed by atoms with E-state index in [2.05, 4.69) is 39.9 Å². The number of benzene rings is 1. The number of piperidine rings is 1. The minimum Gasteiger partial charge on any atom is -0.353 e. The Bertz CT molecular complexity index is 593. The van der Waals surface area contributed by atoms with Crippen LogP contribution in [0, 0.1) is 0 Å². The molecule has 0 radical (unpaired) electrons. The first-order valence-electron chi connectivity index (χ1n) is 9.08. The number of nitrogens with one attached hydrogen (secondary N) is 2. The summed E-state index contributed by atoms with van der Waals surface area (Å²) >= 11 is 0. The summed E-state index contributed by atoms with van der Waals surface area (Å²) in [6.45, 7) is 2.11. The van der Waals surface area contributed by atoms with Crippen molar-refractivity contribution in [2.24, 2.45) is 4.99 Å². The largest absolute Gasteiger partial charge is 0.353 e. The van der Waals surface area contributed by atoms with Gasteiger partial charge in [-0.3, -0.25) is 9.79 Å². The fourth-order valence-electron chi connectivity index (χ4n) is 3.62. The number of hydrogen-bond donors (Lipinski definition) is 2. The first-order valence-corrected chi connectivity index (χ1v) is 9.08. The van der Waals surface area contributed by atoms with Crippen LogP contribution in [-0.4, -0.2) is 49.5 Å². The molecule has 0 spiro atoms. The number of carbonyl (C=O) groups excluding carboxylic acids is 1. The molecule has 24 heavy (non-hydrogen) atoms. The SMILES string of the molecule is CN=C(NCC(=O)N1CCCCC1)NC1CCc2ccccc2C1. The number of rotatable bonds is 3. The Morgan fingerprint density at radius 2 is 1.96 bits per heavy atom. The maximum absolute atomic E-state index is 12.3. The van der Waals surface area contributed by atoms with E-state index in [0.717, 1.165) is 51.2 Å². The molecule has 1 aromatic rings. The molecule has 1 aliphatic carbocycles. The van der Waals surface area contributed by atoms with Crippen LogP contribution >= 0.6 is 0 Å². The maximum atomic E-state index is 12.3. The van der Waals surface area contributed by atoms with Crippen LogP contribution < -0.4 is 10.6 Å². The van der Waals surface area contributed by atoms with E-state index in [1.165, 1.54) is 17.5 Å². The zero-order chi connectivity index (χ0) is 16.8. The van der Waals surface area contributed by atoms with Crippen molar-refractivity contribution in [3.63, 3.8) is 0 Å². The van der Waals surface area contributed by atoms with E-state index in [4.69, 9.17) is 0 Å². The molecule has 1 amide bonds. The number of carbonyl (C=O) groups is 1. The van der Waals surface area contributed by atoms with E-state index in [9.17, 15) is 4.79 Å². The van der Waals surface area contributed by atoms with Crippen LogP contribution in [0.25, 0.3) is 0 Å². The van der Waals surface area contributed by atoms with Gasteiger partial charge in [0, 0.05) is 26.2 Å². The van der Waals surface area contributed by atoms with E-state index >= 15 is 0 Å². The molecule has 1 heterocycles. The summed E-state index contributed by atoms with van der Waals surface area (Å²) in [6, 6.07) is 9.01. The normalized spacial score (nSPS) is 21.1. The Labute approximate surface area is 144 Å². The van der Waals surface area contributed by atoms with Gasteiger partial charge in [-0.2, -0.15) is 0 Å². The van der Waals surface area contributed by atoms with Crippen molar-refractivity contribution < 1.29 is 4.79 Å². The van der Waals surface area contributed by atoms with E-state index in [1.54, 1.807) is 7.05 Å². The number of hydrogen-bond acceptors (Lipinski definition) is 2. The van der Waals surface area contributed by atoms with Crippen LogP contribution in [-0.2, 0) is 17.6 Å². The van der Waals surface area contributed by atoms with Crippen molar-refractivity contribution in [3.8, 4) is 0 Å². The van der Waals surface area contributed by atoms with Crippen molar-refractivity contribution >= 4 is 11.9 Å². The minimum atomic E-state index is 0.173. The highest BCUT2D eigenvalue weighted by molar-refractivity contribution is 5.86. The predicted octanol–water partition coefficient (Wildman–Crippen LogP) is 1.72. The maximum Gasteiger partial charge on any atom is 0.241 e. The second-order valence-electron chi connectivity index (χ2n) is 6.72. The fraction of sp³-hybridized carbons (Fsp3) is 0.579. The highest BCUT2D eigenvalue weighted by atomic mass is 16.2. The number of nitrogens with zero attached hydrogens (tertiary/aromatic N) is 2. The number of guanidine groups is 1. The minimum absolute atomic E-state index is 0.173. The molecule has 2 aliphatic rings. The van der Waals surface area contributed by atoms with Gasteiger partial charge in [-0.05, 0) is 49.7 Å². The Kier molecular flexibility index (Phi) is 5.72. The molecule has 0 aromatic heterocycles. The Balaban J connectivity index is 1.48. The van der Waals surface area contributed by atoms with Crippen molar-refractivity contribution in [3.05, 3.63) is 35.4 Å². The Morgan fingerprint density at radius 1 is 1.21 bits per heavy atom. The summed E-state index contributed by atoms with van der Waals surface area (Å²) in [5, 5.41) is 6.66. The standard InChI is InChI=1S/C19H28N4O/c1-20-19(21-14-18(24)23-11-5-2-6-12-23)22-17-10-9-15-7-3-4-8-16(15)13-17/h3-4,7-8,17H,2,5-6,9-14H2,1H3,(H2,20,21,22). The zero-order valence-electron chi connectivity index (χ0n) is 14.6. The number of likely N-dealkylation sites (tertiary alicyclic amines) is 1. The molecule has 3 rings (SSSR count). The van der Waals surface area contributed by atoms with E-state index in [-0.39, 0.29) is 5.91 Å². The molecule has 1 fully saturated rings. The molecule has 2 N–H and O–H groups in total. The molecule has 1 saturated heterocycles. The number of aryl methyl sites for hydroxylation is 1. The van der Waals surface area contributed by atoms with Crippen LogP contribution in [0.5, 0.6) is 0 Å². The monoisotopic (exact) mass is 328 g/mol. The van der Waals surface area contributed by atoms with Gasteiger partial charge < -0.3 is 15.5 Å². The molecule has 1 aromatic carbocycles. The summed E-state index contributed by atoms with van der Waals surface area (Å²) in [7, 11) is 1.76. The van der Waals surface area contributed by atoms with Crippen LogP contribution in [0.2, 0.25) is 0 Å². The molecule has 1 unspecified atom stereocenters. The summed E-state index contributed by atoms with van der Waals surface area (Å²) < 4.78 is 0. The van der Waals surface area contributed by atoms with Gasteiger partial charge in [-0.15, -0.1) is 0 Å². The van der Waals surface area contributed by atoms with Gasteiger partial charge in [0.2, 0.25) is 5.91 Å². The first kappa shape index (κ1) is 16.8. The van der Waals surface area contributed by atoms with Gasteiger partial charge in [0.1, 0.15) is 0 Å². The Morgan fingerprint density at radius 3 is 2.71 bits per heavy atom. The van der Waals surface area contributed by atoms with Crippen LogP contribution in [0.15, 0.2) is 29.3 Å².